The minimum atomic E-state index is 0.0104. The number of rotatable bonds is 3. The van der Waals surface area contributed by atoms with Crippen LogP contribution in [-0.4, -0.2) is 11.7 Å². The number of hydrogen-bond acceptors (Lipinski definition) is 3. The van der Waals surface area contributed by atoms with Crippen molar-refractivity contribution >= 4 is 11.3 Å². The maximum Gasteiger partial charge on any atom is 0.0449 e. The van der Waals surface area contributed by atoms with E-state index in [2.05, 4.69) is 0 Å². The zero-order valence-electron chi connectivity index (χ0n) is 5.66. The lowest BCUT2D eigenvalue weighted by molar-refractivity contribution is 0.276. The second-order valence-corrected chi connectivity index (χ2v) is 2.96. The van der Waals surface area contributed by atoms with Gasteiger partial charge in [0, 0.05) is 12.6 Å². The summed E-state index contributed by atoms with van der Waals surface area (Å²) in [6, 6.07) is 2.00. The molecule has 0 amide bonds. The molecule has 3 heteroatoms. The Morgan fingerprint density at radius 2 is 2.50 bits per heavy atom. The Hall–Kier alpha value is -0.380. The van der Waals surface area contributed by atoms with Crippen LogP contribution >= 0.6 is 11.3 Å². The van der Waals surface area contributed by atoms with Gasteiger partial charge in [0.1, 0.15) is 0 Å². The minimum absolute atomic E-state index is 0.0104. The topological polar surface area (TPSA) is 46.2 Å². The molecule has 3 N–H and O–H groups in total. The predicted molar refractivity (Wildman–Crippen MR) is 43.0 cm³/mol. The second-order valence-electron chi connectivity index (χ2n) is 2.18. The normalized spacial score (nSPS) is 13.4. The second kappa shape index (κ2) is 3.71. The van der Waals surface area contributed by atoms with Crippen LogP contribution in [0.15, 0.2) is 16.8 Å². The van der Waals surface area contributed by atoms with E-state index in [4.69, 9.17) is 10.8 Å². The summed E-state index contributed by atoms with van der Waals surface area (Å²) in [5.41, 5.74) is 6.82. The molecule has 0 aromatic carbocycles. The summed E-state index contributed by atoms with van der Waals surface area (Å²) in [5.74, 6) is 0. The van der Waals surface area contributed by atoms with Crippen molar-refractivity contribution in [2.24, 2.45) is 5.73 Å². The van der Waals surface area contributed by atoms with Crippen molar-refractivity contribution in [2.75, 3.05) is 6.61 Å². The molecule has 0 aliphatic rings. The van der Waals surface area contributed by atoms with Crippen LogP contribution in [0.2, 0.25) is 0 Å². The molecule has 1 unspecified atom stereocenters. The van der Waals surface area contributed by atoms with Gasteiger partial charge in [0.05, 0.1) is 0 Å². The van der Waals surface area contributed by atoms with E-state index in [9.17, 15) is 0 Å². The van der Waals surface area contributed by atoms with Crippen molar-refractivity contribution < 1.29 is 5.11 Å². The lowest BCUT2D eigenvalue weighted by Crippen LogP contribution is -2.10. The Morgan fingerprint density at radius 3 is 3.00 bits per heavy atom. The maximum atomic E-state index is 8.56. The summed E-state index contributed by atoms with van der Waals surface area (Å²) < 4.78 is 0. The molecule has 0 aliphatic carbocycles. The predicted octanol–water partition coefficient (Wildman–Crippen LogP) is 1.13. The molecule has 56 valence electrons. The molecule has 0 bridgehead atoms. The Kier molecular flexibility index (Phi) is 2.86. The molecular weight excluding hydrogens is 146 g/mol. The summed E-state index contributed by atoms with van der Waals surface area (Å²) in [6.07, 6.45) is 0.650. The molecule has 0 saturated carbocycles. The fourth-order valence-electron chi connectivity index (χ4n) is 0.792. The highest BCUT2D eigenvalue weighted by Gasteiger charge is 2.03. The third-order valence-corrected chi connectivity index (χ3v) is 2.11. The maximum absolute atomic E-state index is 8.56. The quantitative estimate of drug-likeness (QED) is 0.691. The van der Waals surface area contributed by atoms with Gasteiger partial charge >= 0.3 is 0 Å². The Labute approximate surface area is 64.3 Å². The molecule has 1 atom stereocenters. The SMILES string of the molecule is NC(CCO)c1ccsc1. The van der Waals surface area contributed by atoms with Gasteiger partial charge in [0.15, 0.2) is 0 Å². The van der Waals surface area contributed by atoms with E-state index in [1.165, 1.54) is 0 Å². The van der Waals surface area contributed by atoms with Gasteiger partial charge in [0.25, 0.3) is 0 Å². The van der Waals surface area contributed by atoms with E-state index in [1.807, 2.05) is 16.8 Å². The van der Waals surface area contributed by atoms with Crippen LogP contribution in [-0.2, 0) is 0 Å². The first kappa shape index (κ1) is 7.72. The smallest absolute Gasteiger partial charge is 0.0449 e. The molecule has 1 aromatic rings. The van der Waals surface area contributed by atoms with Crippen LogP contribution in [0.25, 0.3) is 0 Å². The zero-order chi connectivity index (χ0) is 7.40. The van der Waals surface area contributed by atoms with Gasteiger partial charge in [-0.05, 0) is 28.8 Å². The van der Waals surface area contributed by atoms with Crippen LogP contribution in [0, 0.1) is 0 Å². The van der Waals surface area contributed by atoms with E-state index in [0.29, 0.717) is 6.42 Å². The highest BCUT2D eigenvalue weighted by atomic mass is 32.1. The average Bonchev–Trinajstić information content (AvgIpc) is 2.38. The fourth-order valence-corrected chi connectivity index (χ4v) is 1.52. The van der Waals surface area contributed by atoms with Crippen molar-refractivity contribution in [3.05, 3.63) is 22.4 Å². The minimum Gasteiger partial charge on any atom is -0.396 e. The standard InChI is InChI=1S/C7H11NOS/c8-7(1-3-9)6-2-4-10-5-6/h2,4-5,7,9H,1,3,8H2. The van der Waals surface area contributed by atoms with Gasteiger partial charge in [-0.25, -0.2) is 0 Å². The van der Waals surface area contributed by atoms with Crippen LogP contribution in [0.5, 0.6) is 0 Å². The number of aliphatic hydroxyl groups is 1. The van der Waals surface area contributed by atoms with Crippen molar-refractivity contribution in [3.8, 4) is 0 Å². The molecular formula is C7H11NOS. The van der Waals surface area contributed by atoms with Crippen LogP contribution in [0.3, 0.4) is 0 Å². The highest BCUT2D eigenvalue weighted by Crippen LogP contribution is 2.15. The van der Waals surface area contributed by atoms with E-state index in [0.717, 1.165) is 5.56 Å². The first-order valence-corrected chi connectivity index (χ1v) is 4.17. The van der Waals surface area contributed by atoms with Crippen LogP contribution in [0.1, 0.15) is 18.0 Å². The lowest BCUT2D eigenvalue weighted by atomic mass is 10.1. The zero-order valence-corrected chi connectivity index (χ0v) is 6.47. The van der Waals surface area contributed by atoms with Crippen molar-refractivity contribution in [1.29, 1.82) is 0 Å². The number of nitrogens with two attached hydrogens (primary N) is 1. The van der Waals surface area contributed by atoms with Crippen molar-refractivity contribution in [1.82, 2.24) is 0 Å². The molecule has 10 heavy (non-hydrogen) atoms. The van der Waals surface area contributed by atoms with E-state index in [-0.39, 0.29) is 12.6 Å². The first-order chi connectivity index (χ1) is 4.84. The number of thiophene rings is 1. The molecule has 1 heterocycles. The van der Waals surface area contributed by atoms with Crippen LogP contribution in [0.4, 0.5) is 0 Å². The first-order valence-electron chi connectivity index (χ1n) is 3.23. The molecule has 0 radical (unpaired) electrons. The molecule has 1 aromatic heterocycles. The summed E-state index contributed by atoms with van der Waals surface area (Å²) >= 11 is 1.63. The van der Waals surface area contributed by atoms with Gasteiger partial charge in [-0.3, -0.25) is 0 Å². The summed E-state index contributed by atoms with van der Waals surface area (Å²) in [6.45, 7) is 0.164. The molecule has 0 fully saturated rings. The van der Waals surface area contributed by atoms with E-state index >= 15 is 0 Å². The lowest BCUT2D eigenvalue weighted by Gasteiger charge is -2.05. The van der Waals surface area contributed by atoms with Crippen molar-refractivity contribution in [2.45, 2.75) is 12.5 Å². The molecule has 0 spiro atoms. The summed E-state index contributed by atoms with van der Waals surface area (Å²) in [7, 11) is 0. The monoisotopic (exact) mass is 157 g/mol. The molecule has 0 saturated heterocycles. The van der Waals surface area contributed by atoms with Gasteiger partial charge < -0.3 is 10.8 Å². The van der Waals surface area contributed by atoms with Gasteiger partial charge in [-0.2, -0.15) is 11.3 Å². The fraction of sp³-hybridized carbons (Fsp3) is 0.429. The van der Waals surface area contributed by atoms with E-state index in [1.54, 1.807) is 11.3 Å². The third-order valence-electron chi connectivity index (χ3n) is 1.41. The van der Waals surface area contributed by atoms with E-state index < -0.39 is 0 Å². The molecule has 2 nitrogen and oxygen atoms in total. The molecule has 1 rings (SSSR count). The van der Waals surface area contributed by atoms with Gasteiger partial charge in [-0.15, -0.1) is 0 Å². The Balaban J connectivity index is 2.50. The van der Waals surface area contributed by atoms with Gasteiger partial charge in [-0.1, -0.05) is 0 Å². The van der Waals surface area contributed by atoms with Crippen molar-refractivity contribution in [3.63, 3.8) is 0 Å². The summed E-state index contributed by atoms with van der Waals surface area (Å²) in [5, 5.41) is 12.6. The van der Waals surface area contributed by atoms with Crippen LogP contribution < -0.4 is 5.73 Å². The largest absolute Gasteiger partial charge is 0.396 e. The molecule has 0 aliphatic heterocycles. The number of hydrogen-bond donors (Lipinski definition) is 2. The highest BCUT2D eigenvalue weighted by molar-refractivity contribution is 7.07. The Morgan fingerprint density at radius 1 is 1.70 bits per heavy atom. The third kappa shape index (κ3) is 1.80. The summed E-state index contributed by atoms with van der Waals surface area (Å²) in [4.78, 5) is 0. The van der Waals surface area contributed by atoms with Gasteiger partial charge in [0.2, 0.25) is 0 Å². The average molecular weight is 157 g/mol. The number of aliphatic hydroxyl groups excluding tert-OH is 1. The Bertz CT molecular complexity index is 174.